The zero-order valence-electron chi connectivity index (χ0n) is 10.1. The standard InChI is InChI=1S/C12H16N4OS/c17-10-5-8(6-16(10)9-3-4-9)13-12-14-11(15-18-12)7-1-2-7/h7-9H,1-6H2,(H,13,14,15)/t8-/m0/s1. The molecule has 1 aromatic heterocycles. The Kier molecular flexibility index (Phi) is 2.33. The predicted octanol–water partition coefficient (Wildman–Crippen LogP) is 1.59. The number of hydrogen-bond acceptors (Lipinski definition) is 5. The van der Waals surface area contributed by atoms with Gasteiger partial charge in [0.15, 0.2) is 0 Å². The lowest BCUT2D eigenvalue weighted by molar-refractivity contribution is -0.128. The Hall–Kier alpha value is -1.17. The molecule has 4 rings (SSSR count). The van der Waals surface area contributed by atoms with Gasteiger partial charge in [0.1, 0.15) is 5.82 Å². The fourth-order valence-electron chi connectivity index (χ4n) is 2.54. The highest BCUT2D eigenvalue weighted by Gasteiger charge is 2.39. The van der Waals surface area contributed by atoms with E-state index in [1.54, 1.807) is 0 Å². The van der Waals surface area contributed by atoms with Crippen molar-refractivity contribution in [3.8, 4) is 0 Å². The molecule has 1 amide bonds. The summed E-state index contributed by atoms with van der Waals surface area (Å²) in [5.74, 6) is 1.89. The van der Waals surface area contributed by atoms with E-state index in [2.05, 4.69) is 14.7 Å². The fraction of sp³-hybridized carbons (Fsp3) is 0.750. The molecule has 0 spiro atoms. The second-order valence-corrected chi connectivity index (χ2v) is 6.31. The van der Waals surface area contributed by atoms with Crippen molar-refractivity contribution in [3.05, 3.63) is 5.82 Å². The summed E-state index contributed by atoms with van der Waals surface area (Å²) in [5, 5.41) is 4.25. The number of anilines is 1. The molecule has 3 aliphatic rings. The third-order valence-corrected chi connectivity index (χ3v) is 4.52. The SMILES string of the molecule is O=C1C[C@H](Nc2nc(C3CC3)ns2)CN1C1CC1. The molecule has 3 fully saturated rings. The lowest BCUT2D eigenvalue weighted by atomic mass is 10.3. The van der Waals surface area contributed by atoms with Gasteiger partial charge in [0.05, 0.1) is 6.04 Å². The van der Waals surface area contributed by atoms with E-state index in [-0.39, 0.29) is 6.04 Å². The topological polar surface area (TPSA) is 58.1 Å². The van der Waals surface area contributed by atoms with Gasteiger partial charge >= 0.3 is 0 Å². The lowest BCUT2D eigenvalue weighted by Crippen LogP contribution is -2.29. The van der Waals surface area contributed by atoms with Crippen LogP contribution in [0.25, 0.3) is 0 Å². The Morgan fingerprint density at radius 3 is 2.83 bits per heavy atom. The van der Waals surface area contributed by atoms with Gasteiger partial charge in [0, 0.05) is 36.5 Å². The number of aromatic nitrogens is 2. The molecule has 1 saturated heterocycles. The van der Waals surface area contributed by atoms with Gasteiger partial charge in [-0.2, -0.15) is 4.37 Å². The van der Waals surface area contributed by atoms with Crippen LogP contribution in [0, 0.1) is 0 Å². The highest BCUT2D eigenvalue weighted by molar-refractivity contribution is 7.09. The molecule has 1 atom stereocenters. The van der Waals surface area contributed by atoms with E-state index < -0.39 is 0 Å². The summed E-state index contributed by atoms with van der Waals surface area (Å²) in [6.45, 7) is 0.835. The third-order valence-electron chi connectivity index (χ3n) is 3.86. The minimum absolute atomic E-state index is 0.220. The number of nitrogens with zero attached hydrogens (tertiary/aromatic N) is 3. The van der Waals surface area contributed by atoms with Crippen LogP contribution in [0.1, 0.15) is 43.8 Å². The molecule has 1 aromatic rings. The molecule has 2 saturated carbocycles. The molecule has 2 aliphatic carbocycles. The van der Waals surface area contributed by atoms with E-state index in [1.165, 1.54) is 37.2 Å². The molecular weight excluding hydrogens is 248 g/mol. The van der Waals surface area contributed by atoms with E-state index in [1.807, 2.05) is 4.90 Å². The highest BCUT2D eigenvalue weighted by atomic mass is 32.1. The molecule has 6 heteroatoms. The van der Waals surface area contributed by atoms with Crippen molar-refractivity contribution in [2.24, 2.45) is 0 Å². The van der Waals surface area contributed by atoms with Crippen molar-refractivity contribution in [1.82, 2.24) is 14.3 Å². The molecule has 1 aliphatic heterocycles. The molecule has 0 bridgehead atoms. The maximum Gasteiger partial charge on any atom is 0.225 e. The summed E-state index contributed by atoms with van der Waals surface area (Å²) in [6.07, 6.45) is 5.43. The Labute approximate surface area is 110 Å². The van der Waals surface area contributed by atoms with Crippen LogP contribution in [0.5, 0.6) is 0 Å². The Morgan fingerprint density at radius 2 is 2.11 bits per heavy atom. The predicted molar refractivity (Wildman–Crippen MR) is 68.6 cm³/mol. The van der Waals surface area contributed by atoms with Crippen LogP contribution < -0.4 is 5.32 Å². The minimum Gasteiger partial charge on any atom is -0.355 e. The second-order valence-electron chi connectivity index (χ2n) is 5.55. The van der Waals surface area contributed by atoms with Gasteiger partial charge < -0.3 is 10.2 Å². The Morgan fingerprint density at radius 1 is 1.28 bits per heavy atom. The first-order valence-corrected chi connectivity index (χ1v) is 7.46. The number of carbonyl (C=O) groups excluding carboxylic acids is 1. The van der Waals surface area contributed by atoms with E-state index in [0.717, 1.165) is 17.5 Å². The molecule has 2 heterocycles. The van der Waals surface area contributed by atoms with Crippen LogP contribution >= 0.6 is 11.5 Å². The smallest absolute Gasteiger partial charge is 0.225 e. The van der Waals surface area contributed by atoms with Gasteiger partial charge in [-0.3, -0.25) is 4.79 Å². The van der Waals surface area contributed by atoms with Gasteiger partial charge in [-0.15, -0.1) is 0 Å². The van der Waals surface area contributed by atoms with E-state index in [4.69, 9.17) is 0 Å². The average molecular weight is 264 g/mol. The number of hydrogen-bond donors (Lipinski definition) is 1. The Bertz CT molecular complexity index is 480. The molecular formula is C12H16N4OS. The van der Waals surface area contributed by atoms with Crippen molar-refractivity contribution in [2.45, 2.75) is 50.1 Å². The minimum atomic E-state index is 0.220. The fourth-order valence-corrected chi connectivity index (χ4v) is 3.27. The number of carbonyl (C=O) groups is 1. The zero-order chi connectivity index (χ0) is 12.1. The van der Waals surface area contributed by atoms with E-state index >= 15 is 0 Å². The number of nitrogens with one attached hydrogen (secondary N) is 1. The van der Waals surface area contributed by atoms with Gasteiger partial charge in [-0.05, 0) is 25.7 Å². The van der Waals surface area contributed by atoms with Crippen LogP contribution in [0.4, 0.5) is 5.13 Å². The first kappa shape index (κ1) is 10.7. The quantitative estimate of drug-likeness (QED) is 0.897. The maximum atomic E-state index is 11.8. The first-order chi connectivity index (χ1) is 8.79. The number of rotatable bonds is 4. The van der Waals surface area contributed by atoms with Crippen molar-refractivity contribution in [3.63, 3.8) is 0 Å². The number of likely N-dealkylation sites (tertiary alicyclic amines) is 1. The summed E-state index contributed by atoms with van der Waals surface area (Å²) in [5.41, 5.74) is 0. The van der Waals surface area contributed by atoms with Crippen LogP contribution in [-0.4, -0.2) is 38.8 Å². The molecule has 96 valence electrons. The largest absolute Gasteiger partial charge is 0.355 e. The van der Waals surface area contributed by atoms with Crippen molar-refractivity contribution >= 4 is 22.6 Å². The summed E-state index contributed by atoms with van der Waals surface area (Å²) < 4.78 is 4.38. The zero-order valence-corrected chi connectivity index (χ0v) is 10.9. The second kappa shape index (κ2) is 3.91. The highest BCUT2D eigenvalue weighted by Crippen LogP contribution is 2.39. The number of amides is 1. The summed E-state index contributed by atoms with van der Waals surface area (Å²) in [7, 11) is 0. The van der Waals surface area contributed by atoms with Crippen molar-refractivity contribution in [1.29, 1.82) is 0 Å². The first-order valence-electron chi connectivity index (χ1n) is 6.69. The maximum absolute atomic E-state index is 11.8. The molecule has 0 unspecified atom stereocenters. The summed E-state index contributed by atoms with van der Waals surface area (Å²) in [4.78, 5) is 18.4. The van der Waals surface area contributed by atoms with Gasteiger partial charge in [0.2, 0.25) is 11.0 Å². The summed E-state index contributed by atoms with van der Waals surface area (Å²) in [6, 6.07) is 0.749. The van der Waals surface area contributed by atoms with E-state index in [9.17, 15) is 4.79 Å². The molecule has 0 aromatic carbocycles. The van der Waals surface area contributed by atoms with Crippen molar-refractivity contribution < 1.29 is 4.79 Å². The van der Waals surface area contributed by atoms with Gasteiger partial charge in [-0.25, -0.2) is 4.98 Å². The summed E-state index contributed by atoms with van der Waals surface area (Å²) >= 11 is 1.43. The average Bonchev–Trinajstić information content (AvgIpc) is 3.27. The molecule has 5 nitrogen and oxygen atoms in total. The monoisotopic (exact) mass is 264 g/mol. The van der Waals surface area contributed by atoms with Crippen LogP contribution in [0.3, 0.4) is 0 Å². The van der Waals surface area contributed by atoms with Crippen LogP contribution in [0.2, 0.25) is 0 Å². The molecule has 0 radical (unpaired) electrons. The van der Waals surface area contributed by atoms with Crippen LogP contribution in [0.15, 0.2) is 0 Å². The lowest BCUT2D eigenvalue weighted by Gasteiger charge is -2.15. The Balaban J connectivity index is 1.40. The van der Waals surface area contributed by atoms with Gasteiger partial charge in [-0.1, -0.05) is 0 Å². The van der Waals surface area contributed by atoms with Crippen LogP contribution in [-0.2, 0) is 4.79 Å². The van der Waals surface area contributed by atoms with Gasteiger partial charge in [0.25, 0.3) is 0 Å². The van der Waals surface area contributed by atoms with Crippen molar-refractivity contribution in [2.75, 3.05) is 11.9 Å². The molecule has 18 heavy (non-hydrogen) atoms. The molecule has 1 N–H and O–H groups in total. The third kappa shape index (κ3) is 1.98. The van der Waals surface area contributed by atoms with E-state index in [0.29, 0.717) is 24.3 Å². The normalized spacial score (nSPS) is 27.9.